The molecule has 0 aromatic heterocycles. The van der Waals surface area contributed by atoms with Crippen LogP contribution in [0.5, 0.6) is 5.75 Å². The van der Waals surface area contributed by atoms with Crippen molar-refractivity contribution in [2.45, 2.75) is 26.1 Å². The molecule has 1 fully saturated rings. The van der Waals surface area contributed by atoms with Crippen molar-refractivity contribution in [1.82, 2.24) is 14.7 Å². The molecule has 0 radical (unpaired) electrons. The number of rotatable bonds is 4. The van der Waals surface area contributed by atoms with E-state index in [0.29, 0.717) is 32.8 Å². The smallest absolute Gasteiger partial charge is 0.410 e. The number of benzene rings is 2. The first-order valence-corrected chi connectivity index (χ1v) is 10.9. The second-order valence-corrected chi connectivity index (χ2v) is 8.37. The quantitative estimate of drug-likeness (QED) is 0.759. The van der Waals surface area contributed by atoms with Crippen molar-refractivity contribution in [1.29, 1.82) is 0 Å². The van der Waals surface area contributed by atoms with Crippen LogP contribution in [0.25, 0.3) is 0 Å². The summed E-state index contributed by atoms with van der Waals surface area (Å²) >= 11 is 0. The van der Waals surface area contributed by atoms with Crippen molar-refractivity contribution in [3.05, 3.63) is 64.7 Å². The van der Waals surface area contributed by atoms with E-state index in [-0.39, 0.29) is 12.5 Å². The van der Waals surface area contributed by atoms with E-state index in [1.807, 2.05) is 6.07 Å². The summed E-state index contributed by atoms with van der Waals surface area (Å²) < 4.78 is 10.8. The van der Waals surface area contributed by atoms with Crippen molar-refractivity contribution in [2.75, 3.05) is 39.4 Å². The van der Waals surface area contributed by atoms with Crippen LogP contribution in [0, 0.1) is 0 Å². The molecule has 0 unspecified atom stereocenters. The van der Waals surface area contributed by atoms with Crippen LogP contribution in [0.2, 0.25) is 0 Å². The highest BCUT2D eigenvalue weighted by atomic mass is 16.6. The summed E-state index contributed by atoms with van der Waals surface area (Å²) in [6, 6.07) is 15.0. The lowest BCUT2D eigenvalue weighted by atomic mass is 9.99. The minimum Gasteiger partial charge on any atom is -0.491 e. The number of nitrogens with zero attached hydrogens (tertiary/aromatic N) is 3. The summed E-state index contributed by atoms with van der Waals surface area (Å²) in [6.07, 6.45) is 0.663. The maximum atomic E-state index is 12.8. The van der Waals surface area contributed by atoms with Gasteiger partial charge in [0.1, 0.15) is 25.5 Å². The first-order chi connectivity index (χ1) is 15.2. The fourth-order valence-electron chi connectivity index (χ4n) is 4.54. The molecule has 0 bridgehead atoms. The van der Waals surface area contributed by atoms with Crippen molar-refractivity contribution in [2.24, 2.45) is 0 Å². The van der Waals surface area contributed by atoms with Gasteiger partial charge in [-0.2, -0.15) is 0 Å². The van der Waals surface area contributed by atoms with E-state index in [1.165, 1.54) is 21.6 Å². The second-order valence-electron chi connectivity index (χ2n) is 8.37. The van der Waals surface area contributed by atoms with Crippen molar-refractivity contribution >= 4 is 12.0 Å². The van der Waals surface area contributed by atoms with Crippen LogP contribution in [0.4, 0.5) is 4.79 Å². The summed E-state index contributed by atoms with van der Waals surface area (Å²) in [6.45, 7) is 5.20. The van der Waals surface area contributed by atoms with Crippen LogP contribution in [0.3, 0.4) is 0 Å². The summed E-state index contributed by atoms with van der Waals surface area (Å²) in [5.41, 5.74) is 5.10. The summed E-state index contributed by atoms with van der Waals surface area (Å²) in [5, 5.41) is 0. The van der Waals surface area contributed by atoms with Gasteiger partial charge in [0.05, 0.1) is 13.1 Å². The van der Waals surface area contributed by atoms with E-state index in [0.717, 1.165) is 37.4 Å². The zero-order valence-electron chi connectivity index (χ0n) is 17.6. The monoisotopic (exact) mass is 421 g/mol. The SMILES string of the molecule is O=C(CN1CCOC1=O)N1CCOc2ccc(CN3CCc4ccccc4C3)cc2C1. The molecule has 0 spiro atoms. The minimum atomic E-state index is -0.412. The van der Waals surface area contributed by atoms with Crippen LogP contribution < -0.4 is 4.74 Å². The lowest BCUT2D eigenvalue weighted by Crippen LogP contribution is -2.41. The molecule has 2 aromatic carbocycles. The lowest BCUT2D eigenvalue weighted by Gasteiger charge is -2.29. The zero-order chi connectivity index (χ0) is 21.2. The Labute approximate surface area is 182 Å². The van der Waals surface area contributed by atoms with Crippen molar-refractivity contribution in [3.8, 4) is 5.75 Å². The van der Waals surface area contributed by atoms with E-state index >= 15 is 0 Å². The minimum absolute atomic E-state index is 0.0566. The van der Waals surface area contributed by atoms with Crippen molar-refractivity contribution < 1.29 is 19.1 Å². The Hall–Kier alpha value is -3.06. The van der Waals surface area contributed by atoms with Crippen LogP contribution in [-0.2, 0) is 35.6 Å². The number of cyclic esters (lactones) is 1. The largest absolute Gasteiger partial charge is 0.491 e. The number of hydrogen-bond donors (Lipinski definition) is 0. The summed E-state index contributed by atoms with van der Waals surface area (Å²) in [7, 11) is 0. The Morgan fingerprint density at radius 2 is 1.74 bits per heavy atom. The molecular weight excluding hydrogens is 394 g/mol. The van der Waals surface area contributed by atoms with E-state index in [4.69, 9.17) is 9.47 Å². The predicted molar refractivity (Wildman–Crippen MR) is 115 cm³/mol. The molecule has 1 saturated heterocycles. The van der Waals surface area contributed by atoms with E-state index in [2.05, 4.69) is 41.3 Å². The highest BCUT2D eigenvalue weighted by Gasteiger charge is 2.28. The molecule has 3 aliphatic rings. The van der Waals surface area contributed by atoms with E-state index in [1.54, 1.807) is 4.90 Å². The maximum absolute atomic E-state index is 12.8. The molecule has 3 heterocycles. The van der Waals surface area contributed by atoms with E-state index in [9.17, 15) is 9.59 Å². The third-order valence-corrected chi connectivity index (χ3v) is 6.24. The van der Waals surface area contributed by atoms with Gasteiger partial charge < -0.3 is 14.4 Å². The van der Waals surface area contributed by atoms with Crippen LogP contribution in [0.1, 0.15) is 22.3 Å². The van der Waals surface area contributed by atoms with Gasteiger partial charge in [0.15, 0.2) is 0 Å². The average molecular weight is 421 g/mol. The number of carbonyl (C=O) groups excluding carboxylic acids is 2. The van der Waals surface area contributed by atoms with Gasteiger partial charge in [-0.05, 0) is 35.2 Å². The van der Waals surface area contributed by atoms with Gasteiger partial charge in [-0.3, -0.25) is 14.6 Å². The number of fused-ring (bicyclic) bond motifs is 2. The van der Waals surface area contributed by atoms with Gasteiger partial charge in [-0.25, -0.2) is 4.79 Å². The van der Waals surface area contributed by atoms with Gasteiger partial charge in [0, 0.05) is 31.7 Å². The van der Waals surface area contributed by atoms with Gasteiger partial charge in [0.2, 0.25) is 5.91 Å². The van der Waals surface area contributed by atoms with Crippen LogP contribution in [0.15, 0.2) is 42.5 Å². The highest BCUT2D eigenvalue weighted by molar-refractivity contribution is 5.83. The average Bonchev–Trinajstić information content (AvgIpc) is 3.06. The number of amides is 2. The Morgan fingerprint density at radius 1 is 0.903 bits per heavy atom. The molecule has 5 rings (SSSR count). The molecular formula is C24H27N3O4. The number of carbonyl (C=O) groups is 2. The standard InChI is InChI=1S/C24H27N3O4/c28-23(17-27-10-12-31-24(27)29)26-9-11-30-22-6-5-18(13-21(22)16-26)14-25-8-7-19-3-1-2-4-20(19)15-25/h1-6,13H,7-12,14-17H2. The molecule has 2 amide bonds. The molecule has 0 aliphatic carbocycles. The number of hydrogen-bond acceptors (Lipinski definition) is 5. The zero-order valence-corrected chi connectivity index (χ0v) is 17.6. The predicted octanol–water partition coefficient (Wildman–Crippen LogP) is 2.42. The molecule has 3 aliphatic heterocycles. The molecule has 7 nitrogen and oxygen atoms in total. The highest BCUT2D eigenvalue weighted by Crippen LogP contribution is 2.27. The van der Waals surface area contributed by atoms with Crippen molar-refractivity contribution in [3.63, 3.8) is 0 Å². The molecule has 0 atom stereocenters. The summed E-state index contributed by atoms with van der Waals surface area (Å²) in [5.74, 6) is 0.761. The molecule has 31 heavy (non-hydrogen) atoms. The first-order valence-electron chi connectivity index (χ1n) is 10.9. The lowest BCUT2D eigenvalue weighted by molar-refractivity contribution is -0.132. The van der Waals surface area contributed by atoms with E-state index < -0.39 is 6.09 Å². The topological polar surface area (TPSA) is 62.3 Å². The third kappa shape index (κ3) is 4.37. The Kier molecular flexibility index (Phi) is 5.51. The Bertz CT molecular complexity index is 993. The fourth-order valence-corrected chi connectivity index (χ4v) is 4.54. The summed E-state index contributed by atoms with van der Waals surface area (Å²) in [4.78, 5) is 30.2. The maximum Gasteiger partial charge on any atom is 0.410 e. The van der Waals surface area contributed by atoms with Crippen LogP contribution in [-0.4, -0.2) is 66.1 Å². The second kappa shape index (κ2) is 8.59. The number of ether oxygens (including phenoxy) is 2. The van der Waals surface area contributed by atoms with Gasteiger partial charge in [0.25, 0.3) is 0 Å². The Balaban J connectivity index is 1.26. The van der Waals surface area contributed by atoms with Gasteiger partial charge in [-0.1, -0.05) is 30.3 Å². The molecule has 162 valence electrons. The molecule has 0 N–H and O–H groups in total. The van der Waals surface area contributed by atoms with Gasteiger partial charge in [-0.15, -0.1) is 0 Å². The third-order valence-electron chi connectivity index (χ3n) is 6.24. The Morgan fingerprint density at radius 3 is 2.58 bits per heavy atom. The van der Waals surface area contributed by atoms with Crippen LogP contribution >= 0.6 is 0 Å². The molecule has 0 saturated carbocycles. The molecule has 2 aromatic rings. The normalized spacial score (nSPS) is 18.6. The van der Waals surface area contributed by atoms with Gasteiger partial charge >= 0.3 is 6.09 Å². The molecule has 7 heteroatoms. The first kappa shape index (κ1) is 19.9. The fraction of sp³-hybridized carbons (Fsp3) is 0.417.